The van der Waals surface area contributed by atoms with Crippen molar-refractivity contribution in [2.24, 2.45) is 0 Å². The summed E-state index contributed by atoms with van der Waals surface area (Å²) in [4.78, 5) is 10.5. The number of carbonyl (C=O) groups is 1. The fourth-order valence-corrected chi connectivity index (χ4v) is 0.995. The molecule has 0 aromatic carbocycles. The number of hydrogen-bond acceptors (Lipinski definition) is 4. The molecule has 78 valence electrons. The van der Waals surface area contributed by atoms with E-state index in [4.69, 9.17) is 9.84 Å². The Kier molecular flexibility index (Phi) is 5.66. The summed E-state index contributed by atoms with van der Waals surface area (Å²) in [6, 6.07) is 0. The van der Waals surface area contributed by atoms with E-state index in [1.807, 2.05) is 6.92 Å². The minimum atomic E-state index is -0.978. The van der Waals surface area contributed by atoms with Crippen molar-refractivity contribution in [2.75, 3.05) is 13.2 Å². The van der Waals surface area contributed by atoms with Crippen LogP contribution in [0.1, 0.15) is 33.1 Å². The van der Waals surface area contributed by atoms with Gasteiger partial charge in [0.15, 0.2) is 0 Å². The standard InChI is InChI=1S/C9H18O4/c1-3-9(12,5-4-6-10)7-13-8(2)11/h10,12H,3-7H2,1-2H3. The number of ether oxygens (including phenoxy) is 1. The van der Waals surface area contributed by atoms with Gasteiger partial charge in [0.1, 0.15) is 6.61 Å². The van der Waals surface area contributed by atoms with Gasteiger partial charge in [-0.15, -0.1) is 0 Å². The highest BCUT2D eigenvalue weighted by Crippen LogP contribution is 2.17. The molecule has 1 unspecified atom stereocenters. The summed E-state index contributed by atoms with van der Waals surface area (Å²) in [5, 5.41) is 18.4. The summed E-state index contributed by atoms with van der Waals surface area (Å²) in [5.74, 6) is -0.393. The summed E-state index contributed by atoms with van der Waals surface area (Å²) in [7, 11) is 0. The monoisotopic (exact) mass is 190 g/mol. The molecule has 0 aliphatic carbocycles. The van der Waals surface area contributed by atoms with Gasteiger partial charge in [-0.1, -0.05) is 6.92 Å². The number of carbonyl (C=O) groups excluding carboxylic acids is 1. The van der Waals surface area contributed by atoms with Gasteiger partial charge in [0, 0.05) is 13.5 Å². The van der Waals surface area contributed by atoms with E-state index in [2.05, 4.69) is 0 Å². The lowest BCUT2D eigenvalue weighted by molar-refractivity contribution is -0.149. The van der Waals surface area contributed by atoms with Crippen molar-refractivity contribution >= 4 is 5.97 Å². The van der Waals surface area contributed by atoms with Crippen LogP contribution in [0.4, 0.5) is 0 Å². The fourth-order valence-electron chi connectivity index (χ4n) is 0.995. The number of hydrogen-bond donors (Lipinski definition) is 2. The Balaban J connectivity index is 3.87. The number of esters is 1. The highest BCUT2D eigenvalue weighted by Gasteiger charge is 2.25. The largest absolute Gasteiger partial charge is 0.463 e. The van der Waals surface area contributed by atoms with Crippen molar-refractivity contribution in [1.29, 1.82) is 0 Å². The van der Waals surface area contributed by atoms with Gasteiger partial charge in [-0.25, -0.2) is 0 Å². The molecule has 0 spiro atoms. The van der Waals surface area contributed by atoms with Crippen LogP contribution in [0.2, 0.25) is 0 Å². The van der Waals surface area contributed by atoms with E-state index >= 15 is 0 Å². The van der Waals surface area contributed by atoms with Gasteiger partial charge in [0.05, 0.1) is 5.60 Å². The van der Waals surface area contributed by atoms with Gasteiger partial charge >= 0.3 is 5.97 Å². The predicted molar refractivity (Wildman–Crippen MR) is 48.2 cm³/mol. The van der Waals surface area contributed by atoms with E-state index in [-0.39, 0.29) is 13.2 Å². The first-order valence-electron chi connectivity index (χ1n) is 4.50. The SMILES string of the molecule is CCC(O)(CCCO)COC(C)=O. The molecule has 0 aromatic rings. The Morgan fingerprint density at radius 2 is 2.15 bits per heavy atom. The first-order chi connectivity index (χ1) is 6.04. The molecule has 0 amide bonds. The molecule has 0 aliphatic rings. The minimum Gasteiger partial charge on any atom is -0.463 e. The number of rotatable bonds is 6. The lowest BCUT2D eigenvalue weighted by Crippen LogP contribution is -2.34. The minimum absolute atomic E-state index is 0.0127. The number of aliphatic hydroxyl groups excluding tert-OH is 1. The molecule has 13 heavy (non-hydrogen) atoms. The second-order valence-electron chi connectivity index (χ2n) is 3.19. The Bertz CT molecular complexity index is 158. The van der Waals surface area contributed by atoms with Crippen LogP contribution in [0.25, 0.3) is 0 Å². The highest BCUT2D eigenvalue weighted by atomic mass is 16.5. The summed E-state index contributed by atoms with van der Waals surface area (Å²) in [6.45, 7) is 3.18. The summed E-state index contributed by atoms with van der Waals surface area (Å²) >= 11 is 0. The lowest BCUT2D eigenvalue weighted by Gasteiger charge is -2.25. The topological polar surface area (TPSA) is 66.8 Å². The van der Waals surface area contributed by atoms with E-state index in [0.29, 0.717) is 19.3 Å². The van der Waals surface area contributed by atoms with Crippen LogP contribution in [0.5, 0.6) is 0 Å². The molecule has 0 heterocycles. The van der Waals surface area contributed by atoms with Crippen molar-refractivity contribution in [1.82, 2.24) is 0 Å². The summed E-state index contributed by atoms with van der Waals surface area (Å²) in [5.41, 5.74) is -0.978. The second-order valence-corrected chi connectivity index (χ2v) is 3.19. The zero-order chi connectivity index (χ0) is 10.3. The van der Waals surface area contributed by atoms with E-state index in [1.54, 1.807) is 0 Å². The molecule has 4 heteroatoms. The Hall–Kier alpha value is -0.610. The Morgan fingerprint density at radius 1 is 1.54 bits per heavy atom. The predicted octanol–water partition coefficient (Wildman–Crippen LogP) is 0.463. The number of aliphatic hydroxyl groups is 2. The van der Waals surface area contributed by atoms with Crippen LogP contribution in [0, 0.1) is 0 Å². The third kappa shape index (κ3) is 5.60. The van der Waals surface area contributed by atoms with Crippen LogP contribution < -0.4 is 0 Å². The average Bonchev–Trinajstić information content (AvgIpc) is 2.11. The van der Waals surface area contributed by atoms with E-state index < -0.39 is 11.6 Å². The second kappa shape index (κ2) is 5.94. The third-order valence-electron chi connectivity index (χ3n) is 2.00. The van der Waals surface area contributed by atoms with Crippen LogP contribution in [0.3, 0.4) is 0 Å². The molecule has 0 aromatic heterocycles. The van der Waals surface area contributed by atoms with Gasteiger partial charge in [-0.3, -0.25) is 4.79 Å². The van der Waals surface area contributed by atoms with Crippen molar-refractivity contribution in [3.8, 4) is 0 Å². The zero-order valence-corrected chi connectivity index (χ0v) is 8.25. The normalized spacial score (nSPS) is 15.1. The van der Waals surface area contributed by atoms with Crippen molar-refractivity contribution in [3.63, 3.8) is 0 Å². The van der Waals surface area contributed by atoms with Crippen LogP contribution >= 0.6 is 0 Å². The van der Waals surface area contributed by atoms with Crippen molar-refractivity contribution in [2.45, 2.75) is 38.7 Å². The molecule has 0 saturated carbocycles. The molecule has 1 atom stereocenters. The van der Waals surface area contributed by atoms with E-state index in [0.717, 1.165) is 0 Å². The highest BCUT2D eigenvalue weighted by molar-refractivity contribution is 5.65. The molecule has 0 rings (SSSR count). The molecule has 0 aliphatic heterocycles. The van der Waals surface area contributed by atoms with Crippen molar-refractivity contribution < 1.29 is 19.7 Å². The fraction of sp³-hybridized carbons (Fsp3) is 0.889. The van der Waals surface area contributed by atoms with Gasteiger partial charge in [-0.05, 0) is 19.3 Å². The van der Waals surface area contributed by atoms with Crippen LogP contribution in [0.15, 0.2) is 0 Å². The molecular weight excluding hydrogens is 172 g/mol. The van der Waals surface area contributed by atoms with Gasteiger partial charge < -0.3 is 14.9 Å². The molecule has 2 N–H and O–H groups in total. The molecule has 0 saturated heterocycles. The molecule has 0 bridgehead atoms. The quantitative estimate of drug-likeness (QED) is 0.597. The smallest absolute Gasteiger partial charge is 0.302 e. The maximum Gasteiger partial charge on any atom is 0.302 e. The van der Waals surface area contributed by atoms with E-state index in [9.17, 15) is 9.90 Å². The molecule has 0 fully saturated rings. The Labute approximate surface area is 78.5 Å². The Morgan fingerprint density at radius 3 is 2.54 bits per heavy atom. The third-order valence-corrected chi connectivity index (χ3v) is 2.00. The lowest BCUT2D eigenvalue weighted by atomic mass is 9.96. The molecular formula is C9H18O4. The van der Waals surface area contributed by atoms with E-state index in [1.165, 1.54) is 6.92 Å². The summed E-state index contributed by atoms with van der Waals surface area (Å²) < 4.78 is 4.72. The van der Waals surface area contributed by atoms with Crippen molar-refractivity contribution in [3.05, 3.63) is 0 Å². The molecule has 4 nitrogen and oxygen atoms in total. The summed E-state index contributed by atoms with van der Waals surface area (Å²) in [6.07, 6.45) is 1.49. The maximum atomic E-state index is 10.5. The first-order valence-corrected chi connectivity index (χ1v) is 4.50. The zero-order valence-electron chi connectivity index (χ0n) is 8.25. The maximum absolute atomic E-state index is 10.5. The van der Waals surface area contributed by atoms with Crippen LogP contribution in [-0.4, -0.2) is 35.0 Å². The average molecular weight is 190 g/mol. The van der Waals surface area contributed by atoms with Gasteiger partial charge in [0.25, 0.3) is 0 Å². The first kappa shape index (κ1) is 12.4. The van der Waals surface area contributed by atoms with Crippen LogP contribution in [-0.2, 0) is 9.53 Å². The van der Waals surface area contributed by atoms with Gasteiger partial charge in [-0.2, -0.15) is 0 Å². The van der Waals surface area contributed by atoms with Gasteiger partial charge in [0.2, 0.25) is 0 Å². The molecule has 0 radical (unpaired) electrons.